The van der Waals surface area contributed by atoms with Gasteiger partial charge in [0.2, 0.25) is 0 Å². The van der Waals surface area contributed by atoms with Crippen LogP contribution >= 0.6 is 11.6 Å². The highest BCUT2D eigenvalue weighted by molar-refractivity contribution is 6.31. The molecule has 3 rings (SSSR count). The summed E-state index contributed by atoms with van der Waals surface area (Å²) in [6.45, 7) is 9.27. The standard InChI is InChI=1S/C23H27ClO5/c1-6-12(2)9-13(3)7-8-15-10-16-17(11-28-15)19-18(14(4)25)22(27)29-23(19,5)21(26)20(16)24/h7-12,18-19,21,26H,6H2,1-5H3. The molecule has 3 aliphatic rings. The number of fused-ring (bicyclic) bond motifs is 3. The molecule has 1 saturated heterocycles. The van der Waals surface area contributed by atoms with Crippen LogP contribution in [0.3, 0.4) is 0 Å². The van der Waals surface area contributed by atoms with Crippen LogP contribution in [0.2, 0.25) is 0 Å². The minimum Gasteiger partial charge on any atom is -0.465 e. The SMILES string of the molecule is CCC(C)C=C(C)C=CC1=CC2=C(Cl)C(O)C3(C)OC(=O)C(C(C)=O)C3C2=CO1. The third-order valence-electron chi connectivity index (χ3n) is 5.96. The van der Waals surface area contributed by atoms with E-state index in [1.807, 2.05) is 19.1 Å². The van der Waals surface area contributed by atoms with Crippen LogP contribution in [-0.4, -0.2) is 28.6 Å². The lowest BCUT2D eigenvalue weighted by Gasteiger charge is -2.41. The van der Waals surface area contributed by atoms with Crippen molar-refractivity contribution in [3.63, 3.8) is 0 Å². The molecule has 2 heterocycles. The number of hydrogen-bond acceptors (Lipinski definition) is 5. The van der Waals surface area contributed by atoms with Gasteiger partial charge >= 0.3 is 5.97 Å². The summed E-state index contributed by atoms with van der Waals surface area (Å²) in [7, 11) is 0. The predicted octanol–water partition coefficient (Wildman–Crippen LogP) is 4.34. The Morgan fingerprint density at radius 2 is 2.10 bits per heavy atom. The van der Waals surface area contributed by atoms with Gasteiger partial charge in [-0.2, -0.15) is 0 Å². The Hall–Kier alpha value is -2.11. The molecule has 0 spiro atoms. The third kappa shape index (κ3) is 3.74. The summed E-state index contributed by atoms with van der Waals surface area (Å²) in [4.78, 5) is 24.5. The molecule has 1 fully saturated rings. The van der Waals surface area contributed by atoms with Gasteiger partial charge in [0.1, 0.15) is 29.2 Å². The summed E-state index contributed by atoms with van der Waals surface area (Å²) in [5.74, 6) is -1.56. The van der Waals surface area contributed by atoms with Gasteiger partial charge in [-0.05, 0) is 38.8 Å². The molecule has 0 saturated carbocycles. The van der Waals surface area contributed by atoms with Gasteiger partial charge in [-0.15, -0.1) is 0 Å². The number of ketones is 1. The Morgan fingerprint density at radius 1 is 1.41 bits per heavy atom. The van der Waals surface area contributed by atoms with Gasteiger partial charge in [0.15, 0.2) is 0 Å². The first-order chi connectivity index (χ1) is 13.6. The topological polar surface area (TPSA) is 72.8 Å². The van der Waals surface area contributed by atoms with Crippen LogP contribution in [0.5, 0.6) is 0 Å². The average molecular weight is 419 g/mol. The van der Waals surface area contributed by atoms with E-state index in [0.29, 0.717) is 22.8 Å². The number of carbonyl (C=O) groups is 2. The number of carbonyl (C=O) groups excluding carboxylic acids is 2. The van der Waals surface area contributed by atoms with Crippen LogP contribution in [0, 0.1) is 17.8 Å². The Bertz CT molecular complexity index is 891. The van der Waals surface area contributed by atoms with Crippen LogP contribution in [0.4, 0.5) is 0 Å². The summed E-state index contributed by atoms with van der Waals surface area (Å²) in [5.41, 5.74) is 0.972. The summed E-state index contributed by atoms with van der Waals surface area (Å²) < 4.78 is 11.2. The van der Waals surface area contributed by atoms with Gasteiger partial charge in [-0.1, -0.05) is 49.6 Å². The number of ether oxygens (including phenoxy) is 2. The van der Waals surface area contributed by atoms with Crippen molar-refractivity contribution in [2.75, 3.05) is 0 Å². The van der Waals surface area contributed by atoms with Crippen molar-refractivity contribution in [1.82, 2.24) is 0 Å². The number of halogens is 1. The van der Waals surface area contributed by atoms with E-state index in [1.54, 1.807) is 13.0 Å². The van der Waals surface area contributed by atoms with Crippen molar-refractivity contribution in [1.29, 1.82) is 0 Å². The number of allylic oxidation sites excluding steroid dienone is 6. The normalized spacial score (nSPS) is 32.9. The quantitative estimate of drug-likeness (QED) is 0.408. The number of rotatable bonds is 5. The molecule has 0 radical (unpaired) electrons. The van der Waals surface area contributed by atoms with Crippen molar-refractivity contribution in [3.05, 3.63) is 58.1 Å². The number of Topliss-reactive ketones (excluding diaryl/α,β-unsaturated/α-hetero) is 1. The third-order valence-corrected chi connectivity index (χ3v) is 6.37. The predicted molar refractivity (Wildman–Crippen MR) is 111 cm³/mol. The van der Waals surface area contributed by atoms with Gasteiger partial charge in [0.05, 0.1) is 17.2 Å². The van der Waals surface area contributed by atoms with E-state index in [0.717, 1.165) is 12.0 Å². The molecule has 6 heteroatoms. The molecule has 1 N–H and O–H groups in total. The minimum atomic E-state index is -1.31. The fourth-order valence-electron chi connectivity index (χ4n) is 4.15. The minimum absolute atomic E-state index is 0.174. The van der Waals surface area contributed by atoms with E-state index in [9.17, 15) is 14.7 Å². The lowest BCUT2D eigenvalue weighted by Crippen LogP contribution is -2.50. The Labute approximate surface area is 176 Å². The van der Waals surface area contributed by atoms with E-state index < -0.39 is 29.5 Å². The molecule has 29 heavy (non-hydrogen) atoms. The molecular weight excluding hydrogens is 392 g/mol. The van der Waals surface area contributed by atoms with E-state index in [1.165, 1.54) is 13.2 Å². The van der Waals surface area contributed by atoms with Crippen molar-refractivity contribution in [3.8, 4) is 0 Å². The molecule has 2 aliphatic heterocycles. The highest BCUT2D eigenvalue weighted by Crippen LogP contribution is 2.53. The maximum atomic E-state index is 12.4. The van der Waals surface area contributed by atoms with Gasteiger partial charge in [-0.3, -0.25) is 9.59 Å². The Balaban J connectivity index is 1.97. The first-order valence-corrected chi connectivity index (χ1v) is 10.2. The van der Waals surface area contributed by atoms with E-state index in [4.69, 9.17) is 21.1 Å². The van der Waals surface area contributed by atoms with Gasteiger partial charge in [-0.25, -0.2) is 0 Å². The molecular formula is C23H27ClO5. The number of hydrogen-bond donors (Lipinski definition) is 1. The first-order valence-electron chi connectivity index (χ1n) is 9.86. The zero-order chi connectivity index (χ0) is 21.5. The summed E-state index contributed by atoms with van der Waals surface area (Å²) in [6.07, 6.45) is 9.05. The fraction of sp³-hybridized carbons (Fsp3) is 0.478. The second-order valence-electron chi connectivity index (χ2n) is 8.20. The molecule has 0 bridgehead atoms. The monoisotopic (exact) mass is 418 g/mol. The molecule has 5 unspecified atom stereocenters. The highest BCUT2D eigenvalue weighted by atomic mass is 35.5. The molecule has 1 aliphatic carbocycles. The van der Waals surface area contributed by atoms with Crippen LogP contribution < -0.4 is 0 Å². The second kappa shape index (κ2) is 7.96. The molecule has 0 aromatic heterocycles. The zero-order valence-corrected chi connectivity index (χ0v) is 18.1. The largest absolute Gasteiger partial charge is 0.465 e. The van der Waals surface area contributed by atoms with Crippen LogP contribution in [0.1, 0.15) is 41.0 Å². The highest BCUT2D eigenvalue weighted by Gasteiger charge is 2.63. The molecule has 0 aromatic rings. The first kappa shape index (κ1) is 21.6. The van der Waals surface area contributed by atoms with E-state index >= 15 is 0 Å². The molecule has 5 nitrogen and oxygen atoms in total. The molecule has 5 atom stereocenters. The summed E-state index contributed by atoms with van der Waals surface area (Å²) >= 11 is 6.46. The van der Waals surface area contributed by atoms with Gasteiger partial charge in [0, 0.05) is 11.1 Å². The second-order valence-corrected chi connectivity index (χ2v) is 8.61. The number of aliphatic hydroxyl groups excluding tert-OH is 1. The Morgan fingerprint density at radius 3 is 2.72 bits per heavy atom. The maximum absolute atomic E-state index is 12.4. The zero-order valence-electron chi connectivity index (χ0n) is 17.4. The van der Waals surface area contributed by atoms with Crippen molar-refractivity contribution in [2.45, 2.75) is 52.7 Å². The van der Waals surface area contributed by atoms with Gasteiger partial charge < -0.3 is 14.6 Å². The van der Waals surface area contributed by atoms with Crippen molar-refractivity contribution < 1.29 is 24.2 Å². The van der Waals surface area contributed by atoms with Crippen LogP contribution in [0.25, 0.3) is 0 Å². The lowest BCUT2D eigenvalue weighted by atomic mass is 9.67. The Kier molecular flexibility index (Phi) is 5.93. The van der Waals surface area contributed by atoms with Gasteiger partial charge in [0.25, 0.3) is 0 Å². The number of aliphatic hydroxyl groups is 1. The van der Waals surface area contributed by atoms with E-state index in [-0.39, 0.29) is 10.8 Å². The summed E-state index contributed by atoms with van der Waals surface area (Å²) in [5, 5.41) is 11.0. The van der Waals surface area contributed by atoms with E-state index in [2.05, 4.69) is 19.9 Å². The fourth-order valence-corrected chi connectivity index (χ4v) is 4.53. The van der Waals surface area contributed by atoms with Crippen molar-refractivity contribution >= 4 is 23.4 Å². The van der Waals surface area contributed by atoms with Crippen LogP contribution in [-0.2, 0) is 19.1 Å². The molecule has 156 valence electrons. The number of esters is 1. The maximum Gasteiger partial charge on any atom is 0.317 e. The average Bonchev–Trinajstić information content (AvgIpc) is 2.96. The summed E-state index contributed by atoms with van der Waals surface area (Å²) in [6, 6.07) is 0. The lowest BCUT2D eigenvalue weighted by molar-refractivity contribution is -0.157. The van der Waals surface area contributed by atoms with Crippen LogP contribution in [0.15, 0.2) is 58.1 Å². The van der Waals surface area contributed by atoms with Crippen molar-refractivity contribution in [2.24, 2.45) is 17.8 Å². The smallest absolute Gasteiger partial charge is 0.317 e. The molecule has 0 aromatic carbocycles. The molecule has 0 amide bonds.